The highest BCUT2D eigenvalue weighted by molar-refractivity contribution is 9.10. The van der Waals surface area contributed by atoms with Crippen molar-refractivity contribution in [1.82, 2.24) is 9.97 Å². The first kappa shape index (κ1) is 11.2. The Kier molecular flexibility index (Phi) is 3.26. The molecule has 0 atom stereocenters. The SMILES string of the molecule is Nc1cc(Br)ccc1Oc1ncc(Cl)cn1. The van der Waals surface area contributed by atoms with Gasteiger partial charge in [0, 0.05) is 4.47 Å². The van der Waals surface area contributed by atoms with E-state index < -0.39 is 0 Å². The van der Waals surface area contributed by atoms with E-state index in [2.05, 4.69) is 25.9 Å². The maximum atomic E-state index is 5.76. The molecule has 0 saturated heterocycles. The maximum absolute atomic E-state index is 5.76. The van der Waals surface area contributed by atoms with E-state index in [-0.39, 0.29) is 6.01 Å². The van der Waals surface area contributed by atoms with Gasteiger partial charge in [-0.25, -0.2) is 9.97 Å². The van der Waals surface area contributed by atoms with E-state index in [0.29, 0.717) is 16.5 Å². The molecule has 6 heteroatoms. The Morgan fingerprint density at radius 1 is 1.25 bits per heavy atom. The van der Waals surface area contributed by atoms with Crippen LogP contribution in [0.5, 0.6) is 11.8 Å². The highest BCUT2D eigenvalue weighted by Gasteiger charge is 2.04. The monoisotopic (exact) mass is 299 g/mol. The molecule has 1 heterocycles. The maximum Gasteiger partial charge on any atom is 0.322 e. The van der Waals surface area contributed by atoms with Gasteiger partial charge in [0.15, 0.2) is 5.75 Å². The summed E-state index contributed by atoms with van der Waals surface area (Å²) in [4.78, 5) is 7.81. The number of halogens is 2. The van der Waals surface area contributed by atoms with E-state index in [4.69, 9.17) is 22.1 Å². The van der Waals surface area contributed by atoms with E-state index in [9.17, 15) is 0 Å². The predicted molar refractivity (Wildman–Crippen MR) is 65.7 cm³/mol. The van der Waals surface area contributed by atoms with Crippen molar-refractivity contribution < 1.29 is 4.74 Å². The van der Waals surface area contributed by atoms with E-state index >= 15 is 0 Å². The van der Waals surface area contributed by atoms with Crippen molar-refractivity contribution in [2.45, 2.75) is 0 Å². The fourth-order valence-corrected chi connectivity index (χ4v) is 1.54. The molecular weight excluding hydrogens is 293 g/mol. The summed E-state index contributed by atoms with van der Waals surface area (Å²) >= 11 is 8.96. The Labute approximate surface area is 106 Å². The molecule has 16 heavy (non-hydrogen) atoms. The fraction of sp³-hybridized carbons (Fsp3) is 0. The molecule has 0 radical (unpaired) electrons. The van der Waals surface area contributed by atoms with Gasteiger partial charge in [-0.3, -0.25) is 0 Å². The lowest BCUT2D eigenvalue weighted by atomic mass is 10.3. The van der Waals surface area contributed by atoms with Gasteiger partial charge in [0.2, 0.25) is 0 Å². The second kappa shape index (κ2) is 4.67. The number of nitrogen functional groups attached to an aromatic ring is 1. The number of rotatable bonds is 2. The molecule has 1 aromatic carbocycles. The van der Waals surface area contributed by atoms with Gasteiger partial charge in [0.25, 0.3) is 0 Å². The first-order chi connectivity index (χ1) is 7.65. The van der Waals surface area contributed by atoms with Crippen molar-refractivity contribution in [2.75, 3.05) is 5.73 Å². The average molecular weight is 301 g/mol. The van der Waals surface area contributed by atoms with Crippen molar-refractivity contribution in [3.8, 4) is 11.8 Å². The topological polar surface area (TPSA) is 61.0 Å². The summed E-state index contributed by atoms with van der Waals surface area (Å²) in [5.74, 6) is 0.505. The molecule has 0 aliphatic rings. The number of ether oxygens (including phenoxy) is 1. The third-order valence-electron chi connectivity index (χ3n) is 1.77. The minimum Gasteiger partial charge on any atom is -0.422 e. The quantitative estimate of drug-likeness (QED) is 0.865. The molecule has 2 N–H and O–H groups in total. The Bertz CT molecular complexity index is 504. The fourth-order valence-electron chi connectivity index (χ4n) is 1.06. The summed E-state index contributed by atoms with van der Waals surface area (Å²) in [6.07, 6.45) is 2.91. The van der Waals surface area contributed by atoms with Crippen LogP contribution in [0.4, 0.5) is 5.69 Å². The van der Waals surface area contributed by atoms with Crippen molar-refractivity contribution in [3.05, 3.63) is 40.1 Å². The average Bonchev–Trinajstić information content (AvgIpc) is 2.25. The van der Waals surface area contributed by atoms with Crippen LogP contribution in [-0.4, -0.2) is 9.97 Å². The van der Waals surface area contributed by atoms with E-state index in [0.717, 1.165) is 4.47 Å². The van der Waals surface area contributed by atoms with Crippen LogP contribution in [0, 0.1) is 0 Å². The predicted octanol–water partition coefficient (Wildman–Crippen LogP) is 3.27. The number of nitrogens with two attached hydrogens (primary N) is 1. The van der Waals surface area contributed by atoms with Gasteiger partial charge in [0.1, 0.15) is 0 Å². The molecule has 0 bridgehead atoms. The molecule has 0 spiro atoms. The normalized spacial score (nSPS) is 10.1. The van der Waals surface area contributed by atoms with Crippen molar-refractivity contribution >= 4 is 33.2 Å². The van der Waals surface area contributed by atoms with Crippen LogP contribution >= 0.6 is 27.5 Å². The minimum absolute atomic E-state index is 0.207. The lowest BCUT2D eigenvalue weighted by molar-refractivity contribution is 0.444. The van der Waals surface area contributed by atoms with Crippen LogP contribution in [0.25, 0.3) is 0 Å². The molecule has 0 fully saturated rings. The van der Waals surface area contributed by atoms with Gasteiger partial charge in [-0.05, 0) is 18.2 Å². The van der Waals surface area contributed by atoms with Crippen molar-refractivity contribution in [2.24, 2.45) is 0 Å². The molecule has 0 saturated carbocycles. The number of hydrogen-bond acceptors (Lipinski definition) is 4. The first-order valence-corrected chi connectivity index (χ1v) is 5.52. The second-order valence-electron chi connectivity index (χ2n) is 2.97. The van der Waals surface area contributed by atoms with Gasteiger partial charge in [-0.15, -0.1) is 0 Å². The van der Waals surface area contributed by atoms with Crippen LogP contribution in [0.1, 0.15) is 0 Å². The zero-order valence-corrected chi connectivity index (χ0v) is 10.4. The Morgan fingerprint density at radius 3 is 2.56 bits per heavy atom. The highest BCUT2D eigenvalue weighted by Crippen LogP contribution is 2.28. The molecule has 2 rings (SSSR count). The van der Waals surface area contributed by atoms with Crippen molar-refractivity contribution in [1.29, 1.82) is 0 Å². The third kappa shape index (κ3) is 2.62. The summed E-state index contributed by atoms with van der Waals surface area (Å²) in [6, 6.07) is 5.50. The Balaban J connectivity index is 2.23. The molecule has 1 aromatic heterocycles. The van der Waals surface area contributed by atoms with Crippen LogP contribution in [0.2, 0.25) is 5.02 Å². The standard InChI is InChI=1S/C10H7BrClN3O/c11-6-1-2-9(8(13)3-6)16-10-14-4-7(12)5-15-10/h1-5H,13H2. The number of anilines is 1. The summed E-state index contributed by atoms with van der Waals surface area (Å²) in [7, 11) is 0. The second-order valence-corrected chi connectivity index (χ2v) is 4.32. The minimum atomic E-state index is 0.207. The van der Waals surface area contributed by atoms with Crippen LogP contribution in [-0.2, 0) is 0 Å². The molecule has 2 aromatic rings. The van der Waals surface area contributed by atoms with Gasteiger partial charge in [0.05, 0.1) is 23.1 Å². The molecule has 0 aliphatic carbocycles. The third-order valence-corrected chi connectivity index (χ3v) is 2.46. The largest absolute Gasteiger partial charge is 0.422 e. The Morgan fingerprint density at radius 2 is 1.94 bits per heavy atom. The van der Waals surface area contributed by atoms with E-state index in [1.54, 1.807) is 12.1 Å². The lowest BCUT2D eigenvalue weighted by Crippen LogP contribution is -1.95. The summed E-state index contributed by atoms with van der Waals surface area (Å²) in [6.45, 7) is 0. The molecule has 0 unspecified atom stereocenters. The van der Waals surface area contributed by atoms with E-state index in [1.807, 2.05) is 6.07 Å². The molecule has 0 aliphatic heterocycles. The smallest absolute Gasteiger partial charge is 0.322 e. The first-order valence-electron chi connectivity index (χ1n) is 4.35. The highest BCUT2D eigenvalue weighted by atomic mass is 79.9. The zero-order chi connectivity index (χ0) is 11.5. The lowest BCUT2D eigenvalue weighted by Gasteiger charge is -2.06. The summed E-state index contributed by atoms with van der Waals surface area (Å²) < 4.78 is 6.28. The summed E-state index contributed by atoms with van der Waals surface area (Å²) in [5, 5.41) is 0.455. The van der Waals surface area contributed by atoms with Crippen LogP contribution < -0.4 is 10.5 Å². The van der Waals surface area contributed by atoms with Crippen LogP contribution in [0.3, 0.4) is 0 Å². The van der Waals surface area contributed by atoms with E-state index in [1.165, 1.54) is 12.4 Å². The van der Waals surface area contributed by atoms with Gasteiger partial charge in [-0.1, -0.05) is 27.5 Å². The zero-order valence-electron chi connectivity index (χ0n) is 8.02. The molecular formula is C10H7BrClN3O. The number of nitrogens with zero attached hydrogens (tertiary/aromatic N) is 2. The molecule has 0 amide bonds. The number of hydrogen-bond donors (Lipinski definition) is 1. The van der Waals surface area contributed by atoms with Crippen LogP contribution in [0.15, 0.2) is 35.1 Å². The number of benzene rings is 1. The van der Waals surface area contributed by atoms with Gasteiger partial charge in [-0.2, -0.15) is 0 Å². The molecule has 82 valence electrons. The van der Waals surface area contributed by atoms with Gasteiger partial charge < -0.3 is 10.5 Å². The molecule has 4 nitrogen and oxygen atoms in total. The number of aromatic nitrogens is 2. The van der Waals surface area contributed by atoms with Crippen molar-refractivity contribution in [3.63, 3.8) is 0 Å². The van der Waals surface area contributed by atoms with Gasteiger partial charge >= 0.3 is 6.01 Å². The summed E-state index contributed by atoms with van der Waals surface area (Å²) in [5.41, 5.74) is 6.27. The Hall–Kier alpha value is -1.33.